The summed E-state index contributed by atoms with van der Waals surface area (Å²) >= 11 is 0. The number of imide groups is 1. The quantitative estimate of drug-likeness (QED) is 0.819. The number of amides is 3. The highest BCUT2D eigenvalue weighted by atomic mass is 16.2. The average Bonchev–Trinajstić information content (AvgIpc) is 2.74. The van der Waals surface area contributed by atoms with Gasteiger partial charge in [-0.05, 0) is 12.5 Å². The Hall–Kier alpha value is -2.17. The maximum Gasteiger partial charge on any atom is 0.229 e. The predicted molar refractivity (Wildman–Crippen MR) is 73.6 cm³/mol. The van der Waals surface area contributed by atoms with Crippen LogP contribution in [0.1, 0.15) is 30.4 Å². The molecule has 1 fully saturated rings. The van der Waals surface area contributed by atoms with Gasteiger partial charge in [0.2, 0.25) is 17.7 Å². The summed E-state index contributed by atoms with van der Waals surface area (Å²) in [5.74, 6) is -0.512. The second-order valence-electron chi connectivity index (χ2n) is 4.95. The second kappa shape index (κ2) is 6.32. The van der Waals surface area contributed by atoms with Crippen LogP contribution in [0.25, 0.3) is 0 Å². The van der Waals surface area contributed by atoms with Gasteiger partial charge >= 0.3 is 0 Å². The van der Waals surface area contributed by atoms with E-state index >= 15 is 0 Å². The number of rotatable bonds is 5. The Labute approximate surface area is 118 Å². The largest absolute Gasteiger partial charge is 0.352 e. The molecule has 1 aromatic rings. The summed E-state index contributed by atoms with van der Waals surface area (Å²) in [5.41, 5.74) is 2.18. The van der Waals surface area contributed by atoms with Crippen molar-refractivity contribution < 1.29 is 14.4 Å². The molecule has 1 heterocycles. The molecule has 2 rings (SSSR count). The van der Waals surface area contributed by atoms with Crippen molar-refractivity contribution in [2.75, 3.05) is 6.54 Å². The lowest BCUT2D eigenvalue weighted by atomic mass is 10.1. The van der Waals surface area contributed by atoms with Gasteiger partial charge in [-0.3, -0.25) is 19.3 Å². The lowest BCUT2D eigenvalue weighted by Gasteiger charge is -2.13. The summed E-state index contributed by atoms with van der Waals surface area (Å²) in [6.07, 6.45) is 0.691. The van der Waals surface area contributed by atoms with E-state index in [9.17, 15) is 14.4 Å². The summed E-state index contributed by atoms with van der Waals surface area (Å²) in [7, 11) is 0. The minimum Gasteiger partial charge on any atom is -0.352 e. The van der Waals surface area contributed by atoms with Crippen LogP contribution >= 0.6 is 0 Å². The van der Waals surface area contributed by atoms with Gasteiger partial charge in [0.15, 0.2) is 0 Å². The lowest BCUT2D eigenvalue weighted by molar-refractivity contribution is -0.138. The molecule has 1 aliphatic rings. The number of benzene rings is 1. The van der Waals surface area contributed by atoms with Gasteiger partial charge in [0.05, 0.1) is 0 Å². The smallest absolute Gasteiger partial charge is 0.229 e. The first-order valence-electron chi connectivity index (χ1n) is 6.71. The fourth-order valence-electron chi connectivity index (χ4n) is 2.20. The fourth-order valence-corrected chi connectivity index (χ4v) is 2.20. The van der Waals surface area contributed by atoms with E-state index in [-0.39, 0.29) is 43.5 Å². The summed E-state index contributed by atoms with van der Waals surface area (Å²) < 4.78 is 0. The first-order chi connectivity index (χ1) is 9.56. The van der Waals surface area contributed by atoms with Crippen LogP contribution in [0.2, 0.25) is 0 Å². The molecular weight excluding hydrogens is 256 g/mol. The van der Waals surface area contributed by atoms with E-state index in [1.54, 1.807) is 0 Å². The minimum atomic E-state index is -0.179. The third-order valence-corrected chi connectivity index (χ3v) is 3.29. The van der Waals surface area contributed by atoms with Crippen molar-refractivity contribution in [3.05, 3.63) is 35.4 Å². The molecule has 106 valence electrons. The van der Waals surface area contributed by atoms with Crippen molar-refractivity contribution in [2.24, 2.45) is 0 Å². The standard InChI is InChI=1S/C15H18N2O3/c1-11-3-2-4-12(9-11)10-16-13(18)7-8-17-14(19)5-6-15(17)20/h2-4,9H,5-8,10H2,1H3,(H,16,18). The van der Waals surface area contributed by atoms with Gasteiger partial charge in [-0.1, -0.05) is 29.8 Å². The van der Waals surface area contributed by atoms with Crippen molar-refractivity contribution in [3.63, 3.8) is 0 Å². The number of hydrogen-bond donors (Lipinski definition) is 1. The lowest BCUT2D eigenvalue weighted by Crippen LogP contribution is -2.34. The average molecular weight is 274 g/mol. The number of likely N-dealkylation sites (tertiary alicyclic amines) is 1. The van der Waals surface area contributed by atoms with Gasteiger partial charge in [-0.2, -0.15) is 0 Å². The number of carbonyl (C=O) groups is 3. The molecule has 0 bridgehead atoms. The van der Waals surface area contributed by atoms with E-state index in [1.807, 2.05) is 31.2 Å². The van der Waals surface area contributed by atoms with Crippen molar-refractivity contribution in [1.82, 2.24) is 10.2 Å². The van der Waals surface area contributed by atoms with Gasteiger partial charge in [0.25, 0.3) is 0 Å². The van der Waals surface area contributed by atoms with Crippen LogP contribution in [0.4, 0.5) is 0 Å². The Bertz CT molecular complexity index is 524. The Balaban J connectivity index is 1.76. The topological polar surface area (TPSA) is 66.5 Å². The molecule has 1 aromatic carbocycles. The monoisotopic (exact) mass is 274 g/mol. The van der Waals surface area contributed by atoms with Crippen LogP contribution in [0.15, 0.2) is 24.3 Å². The zero-order chi connectivity index (χ0) is 14.5. The van der Waals surface area contributed by atoms with Crippen molar-refractivity contribution in [3.8, 4) is 0 Å². The highest BCUT2D eigenvalue weighted by Crippen LogP contribution is 2.11. The second-order valence-corrected chi connectivity index (χ2v) is 4.95. The molecule has 0 aliphatic carbocycles. The Morgan fingerprint density at radius 1 is 1.25 bits per heavy atom. The van der Waals surface area contributed by atoms with Crippen LogP contribution in [0.5, 0.6) is 0 Å². The summed E-state index contributed by atoms with van der Waals surface area (Å²) in [6.45, 7) is 2.63. The Morgan fingerprint density at radius 2 is 1.95 bits per heavy atom. The predicted octanol–water partition coefficient (Wildman–Crippen LogP) is 1.15. The van der Waals surface area contributed by atoms with Crippen molar-refractivity contribution in [1.29, 1.82) is 0 Å². The molecule has 0 radical (unpaired) electrons. The number of carbonyl (C=O) groups excluding carboxylic acids is 3. The van der Waals surface area contributed by atoms with E-state index in [0.29, 0.717) is 6.54 Å². The van der Waals surface area contributed by atoms with Crippen LogP contribution < -0.4 is 5.32 Å². The molecule has 0 spiro atoms. The van der Waals surface area contributed by atoms with Gasteiger partial charge in [-0.25, -0.2) is 0 Å². The summed E-state index contributed by atoms with van der Waals surface area (Å²) in [6, 6.07) is 7.89. The Kier molecular flexibility index (Phi) is 4.50. The fraction of sp³-hybridized carbons (Fsp3) is 0.400. The maximum absolute atomic E-state index is 11.7. The summed E-state index contributed by atoms with van der Waals surface area (Å²) in [5, 5.41) is 2.79. The maximum atomic E-state index is 11.7. The number of nitrogens with zero attached hydrogens (tertiary/aromatic N) is 1. The third-order valence-electron chi connectivity index (χ3n) is 3.29. The third kappa shape index (κ3) is 3.66. The summed E-state index contributed by atoms with van der Waals surface area (Å²) in [4.78, 5) is 35.7. The SMILES string of the molecule is Cc1cccc(CNC(=O)CCN2C(=O)CCC2=O)c1. The Morgan fingerprint density at radius 3 is 2.60 bits per heavy atom. The van der Waals surface area contributed by atoms with Crippen molar-refractivity contribution >= 4 is 17.7 Å². The molecule has 20 heavy (non-hydrogen) atoms. The molecule has 1 saturated heterocycles. The van der Waals surface area contributed by atoms with Crippen LogP contribution in [0, 0.1) is 6.92 Å². The minimum absolute atomic E-state index is 0.154. The molecule has 3 amide bonds. The molecule has 5 heteroatoms. The number of hydrogen-bond acceptors (Lipinski definition) is 3. The molecule has 0 aromatic heterocycles. The number of aryl methyl sites for hydroxylation is 1. The molecule has 1 aliphatic heterocycles. The van der Waals surface area contributed by atoms with Gasteiger partial charge in [-0.15, -0.1) is 0 Å². The van der Waals surface area contributed by atoms with Gasteiger partial charge < -0.3 is 5.32 Å². The van der Waals surface area contributed by atoms with Gasteiger partial charge in [0, 0.05) is 32.4 Å². The normalized spacial score (nSPS) is 14.8. The number of nitrogens with one attached hydrogen (secondary N) is 1. The van der Waals surface area contributed by atoms with Crippen molar-refractivity contribution in [2.45, 2.75) is 32.7 Å². The van der Waals surface area contributed by atoms with E-state index in [2.05, 4.69) is 5.32 Å². The molecule has 0 saturated carbocycles. The highest BCUT2D eigenvalue weighted by molar-refractivity contribution is 6.02. The molecule has 1 N–H and O–H groups in total. The molecular formula is C15H18N2O3. The first-order valence-corrected chi connectivity index (χ1v) is 6.71. The van der Waals surface area contributed by atoms with E-state index in [0.717, 1.165) is 11.1 Å². The van der Waals surface area contributed by atoms with E-state index in [1.165, 1.54) is 4.90 Å². The van der Waals surface area contributed by atoms with Gasteiger partial charge in [0.1, 0.15) is 0 Å². The van der Waals surface area contributed by atoms with Crippen LogP contribution in [-0.4, -0.2) is 29.2 Å². The van der Waals surface area contributed by atoms with E-state index < -0.39 is 0 Å². The zero-order valence-electron chi connectivity index (χ0n) is 11.5. The first kappa shape index (κ1) is 14.2. The molecule has 0 atom stereocenters. The highest BCUT2D eigenvalue weighted by Gasteiger charge is 2.28. The molecule has 0 unspecified atom stereocenters. The van der Waals surface area contributed by atoms with Crippen LogP contribution in [-0.2, 0) is 20.9 Å². The van der Waals surface area contributed by atoms with E-state index in [4.69, 9.17) is 0 Å². The zero-order valence-corrected chi connectivity index (χ0v) is 11.5. The van der Waals surface area contributed by atoms with Crippen LogP contribution in [0.3, 0.4) is 0 Å². The molecule has 5 nitrogen and oxygen atoms in total.